The zero-order chi connectivity index (χ0) is 25.6. The normalized spacial score (nSPS) is 9.57. The van der Waals surface area contributed by atoms with Gasteiger partial charge in [-0.2, -0.15) is 5.10 Å². The molecule has 6 aromatic heterocycles. The summed E-state index contributed by atoms with van der Waals surface area (Å²) in [7, 11) is 1.84. The number of nitrogens with zero attached hydrogens (tertiary/aromatic N) is 9. The number of nitrogens with one attached hydrogen (secondary N) is 1. The van der Waals surface area contributed by atoms with Gasteiger partial charge in [-0.15, -0.1) is 5.10 Å². The van der Waals surface area contributed by atoms with Gasteiger partial charge in [-0.25, -0.2) is 34.9 Å². The Morgan fingerprint density at radius 1 is 0.714 bits per heavy atom. The summed E-state index contributed by atoms with van der Waals surface area (Å²) in [5.41, 5.74) is 2.55. The van der Waals surface area contributed by atoms with Crippen molar-refractivity contribution in [3.8, 4) is 0 Å². The van der Waals surface area contributed by atoms with Crippen molar-refractivity contribution in [2.75, 3.05) is 12.4 Å². The molecular formula is C22H28N10S3. The lowest BCUT2D eigenvalue weighted by Crippen LogP contribution is -1.84. The van der Waals surface area contributed by atoms with Gasteiger partial charge in [0, 0.05) is 19.4 Å². The Balaban J connectivity index is 0.000000173. The largest absolute Gasteiger partial charge is 0.365 e. The van der Waals surface area contributed by atoms with Crippen LogP contribution < -0.4 is 5.32 Å². The Labute approximate surface area is 216 Å². The van der Waals surface area contributed by atoms with Crippen LogP contribution in [-0.4, -0.2) is 52.1 Å². The van der Waals surface area contributed by atoms with Crippen molar-refractivity contribution in [3.63, 3.8) is 0 Å². The third kappa shape index (κ3) is 8.16. The SMILES string of the molecule is CC.CC.CNc1nc2cncnc2s1.Cc1nc2ccnnc2s1.Cc1nc2nccnc2s1. The number of fused-ring (bicyclic) bond motifs is 3. The lowest BCUT2D eigenvalue weighted by atomic mass is 10.5. The summed E-state index contributed by atoms with van der Waals surface area (Å²) in [6.45, 7) is 11.9. The van der Waals surface area contributed by atoms with Crippen LogP contribution in [0.1, 0.15) is 37.7 Å². The van der Waals surface area contributed by atoms with Crippen LogP contribution in [0.2, 0.25) is 0 Å². The Hall–Kier alpha value is -3.29. The van der Waals surface area contributed by atoms with Crippen molar-refractivity contribution in [2.45, 2.75) is 41.5 Å². The van der Waals surface area contributed by atoms with E-state index in [-0.39, 0.29) is 0 Å². The second-order valence-electron chi connectivity index (χ2n) is 5.85. The number of hydrogen-bond acceptors (Lipinski definition) is 13. The molecule has 6 heterocycles. The van der Waals surface area contributed by atoms with E-state index in [4.69, 9.17) is 0 Å². The second kappa shape index (κ2) is 14.9. The van der Waals surface area contributed by atoms with Crippen LogP contribution in [0.25, 0.3) is 31.2 Å². The number of aromatic nitrogens is 9. The highest BCUT2D eigenvalue weighted by Gasteiger charge is 2.01. The van der Waals surface area contributed by atoms with Crippen molar-refractivity contribution in [1.82, 2.24) is 45.1 Å². The molecule has 0 aliphatic carbocycles. The molecule has 0 aliphatic rings. The van der Waals surface area contributed by atoms with Gasteiger partial charge in [-0.1, -0.05) is 61.7 Å². The minimum absolute atomic E-state index is 0.755. The predicted octanol–water partition coefficient (Wildman–Crippen LogP) is 5.97. The van der Waals surface area contributed by atoms with Crippen LogP contribution >= 0.6 is 34.0 Å². The Morgan fingerprint density at radius 3 is 2.11 bits per heavy atom. The van der Waals surface area contributed by atoms with E-state index in [0.29, 0.717) is 0 Å². The quantitative estimate of drug-likeness (QED) is 0.272. The first kappa shape index (κ1) is 28.0. The molecule has 184 valence electrons. The van der Waals surface area contributed by atoms with E-state index in [1.165, 1.54) is 17.7 Å². The van der Waals surface area contributed by atoms with Gasteiger partial charge >= 0.3 is 0 Å². The molecule has 35 heavy (non-hydrogen) atoms. The van der Waals surface area contributed by atoms with Gasteiger partial charge in [0.2, 0.25) is 0 Å². The van der Waals surface area contributed by atoms with Crippen LogP contribution in [-0.2, 0) is 0 Å². The van der Waals surface area contributed by atoms with E-state index in [2.05, 4.69) is 50.4 Å². The second-order valence-corrected chi connectivity index (χ2v) is 9.20. The molecule has 0 saturated heterocycles. The van der Waals surface area contributed by atoms with Crippen molar-refractivity contribution in [2.24, 2.45) is 0 Å². The summed E-state index contributed by atoms with van der Waals surface area (Å²) < 4.78 is 0. The number of rotatable bonds is 1. The summed E-state index contributed by atoms with van der Waals surface area (Å²) in [4.78, 5) is 31.4. The molecule has 0 aliphatic heterocycles. The molecule has 0 unspecified atom stereocenters. The van der Waals surface area contributed by atoms with E-state index < -0.39 is 0 Å². The minimum Gasteiger partial charge on any atom is -0.365 e. The maximum atomic E-state index is 4.23. The van der Waals surface area contributed by atoms with Gasteiger partial charge in [-0.3, -0.25) is 0 Å². The first-order valence-electron chi connectivity index (χ1n) is 11.0. The van der Waals surface area contributed by atoms with Crippen molar-refractivity contribution in [3.05, 3.63) is 47.2 Å². The Morgan fingerprint density at radius 2 is 1.43 bits per heavy atom. The van der Waals surface area contributed by atoms with Crippen molar-refractivity contribution in [1.29, 1.82) is 0 Å². The fourth-order valence-corrected chi connectivity index (χ4v) is 4.56. The van der Waals surface area contributed by atoms with Crippen LogP contribution in [0, 0.1) is 13.8 Å². The first-order valence-corrected chi connectivity index (χ1v) is 13.4. The van der Waals surface area contributed by atoms with Crippen LogP contribution in [0.15, 0.2) is 37.2 Å². The Kier molecular flexibility index (Phi) is 11.9. The number of anilines is 1. The van der Waals surface area contributed by atoms with Crippen molar-refractivity contribution >= 4 is 70.3 Å². The van der Waals surface area contributed by atoms with E-state index in [1.807, 2.05) is 54.7 Å². The molecule has 0 aromatic carbocycles. The van der Waals surface area contributed by atoms with Gasteiger partial charge in [-0.05, 0) is 19.9 Å². The third-order valence-corrected chi connectivity index (χ3v) is 6.37. The molecule has 6 rings (SSSR count). The standard InChI is InChI=1S/C6H6N4S.2C6H5N3S.2C2H6/c1-7-6-10-4-2-8-3-9-5(4)11-6;1-4-9-5-6(10-4)8-3-2-7-5;1-4-8-5-2-3-7-9-6(5)10-4;2*1-2/h2-3H,1H3,(H,7,10);2*2-3H,1H3;2*1-2H3. The topological polar surface area (TPSA) is 128 Å². The summed E-state index contributed by atoms with van der Waals surface area (Å²) in [5.74, 6) is 0. The molecular weight excluding hydrogens is 501 g/mol. The van der Waals surface area contributed by atoms with E-state index >= 15 is 0 Å². The zero-order valence-corrected chi connectivity index (χ0v) is 23.2. The average molecular weight is 529 g/mol. The number of thiazole rings is 3. The summed E-state index contributed by atoms with van der Waals surface area (Å²) in [5, 5.41) is 13.5. The Bertz CT molecular complexity index is 1260. The van der Waals surface area contributed by atoms with Crippen molar-refractivity contribution < 1.29 is 0 Å². The third-order valence-electron chi connectivity index (χ3n) is 3.63. The smallest absolute Gasteiger partial charge is 0.189 e. The molecule has 6 aromatic rings. The molecule has 0 atom stereocenters. The van der Waals surface area contributed by atoms with Gasteiger partial charge in [0.1, 0.15) is 22.2 Å². The summed E-state index contributed by atoms with van der Waals surface area (Å²) in [6, 6.07) is 1.87. The highest BCUT2D eigenvalue weighted by atomic mass is 32.1. The summed E-state index contributed by atoms with van der Waals surface area (Å²) in [6.07, 6.45) is 8.22. The number of aryl methyl sites for hydroxylation is 2. The average Bonchev–Trinajstić information content (AvgIpc) is 3.61. The fraction of sp³-hybridized carbons (Fsp3) is 0.318. The number of hydrogen-bond donors (Lipinski definition) is 1. The molecule has 0 radical (unpaired) electrons. The monoisotopic (exact) mass is 528 g/mol. The molecule has 0 saturated carbocycles. The van der Waals surface area contributed by atoms with Gasteiger partial charge in [0.15, 0.2) is 20.4 Å². The minimum atomic E-state index is 0.755. The van der Waals surface area contributed by atoms with E-state index in [0.717, 1.165) is 46.3 Å². The maximum Gasteiger partial charge on any atom is 0.189 e. The zero-order valence-electron chi connectivity index (χ0n) is 20.7. The molecule has 1 N–H and O–H groups in total. The molecule has 0 spiro atoms. The van der Waals surface area contributed by atoms with Gasteiger partial charge in [0.05, 0.1) is 22.4 Å². The van der Waals surface area contributed by atoms with Gasteiger partial charge < -0.3 is 5.32 Å². The molecule has 13 heteroatoms. The molecule has 0 fully saturated rings. The fourth-order valence-electron chi connectivity index (χ4n) is 2.38. The van der Waals surface area contributed by atoms with E-state index in [9.17, 15) is 0 Å². The first-order chi connectivity index (χ1) is 17.1. The molecule has 0 bridgehead atoms. The van der Waals surface area contributed by atoms with Crippen LogP contribution in [0.4, 0.5) is 5.13 Å². The lowest BCUT2D eigenvalue weighted by Gasteiger charge is -1.84. The highest BCUT2D eigenvalue weighted by molar-refractivity contribution is 7.21. The van der Waals surface area contributed by atoms with E-state index in [1.54, 1.807) is 47.5 Å². The molecule has 10 nitrogen and oxygen atoms in total. The lowest BCUT2D eigenvalue weighted by molar-refractivity contribution is 1.08. The molecule has 0 amide bonds. The maximum absolute atomic E-state index is 4.23. The highest BCUT2D eigenvalue weighted by Crippen LogP contribution is 2.21. The predicted molar refractivity (Wildman–Crippen MR) is 147 cm³/mol. The van der Waals surface area contributed by atoms with Crippen LogP contribution in [0.3, 0.4) is 0 Å². The van der Waals surface area contributed by atoms with Gasteiger partial charge in [0.25, 0.3) is 0 Å². The van der Waals surface area contributed by atoms with Crippen LogP contribution in [0.5, 0.6) is 0 Å². The summed E-state index contributed by atoms with van der Waals surface area (Å²) >= 11 is 4.66.